The van der Waals surface area contributed by atoms with Gasteiger partial charge in [0.25, 0.3) is 0 Å². The Hall–Kier alpha value is -0.570. The molecular formula is C11H16O3. The maximum atomic E-state index is 11.5. The number of cyclic esters (lactones) is 1. The van der Waals surface area contributed by atoms with E-state index in [1.54, 1.807) is 0 Å². The molecule has 0 aromatic rings. The van der Waals surface area contributed by atoms with Crippen molar-refractivity contribution in [3.63, 3.8) is 0 Å². The maximum Gasteiger partial charge on any atom is 0.309 e. The molecule has 78 valence electrons. The topological polar surface area (TPSA) is 46.5 Å². The predicted molar refractivity (Wildman–Crippen MR) is 49.3 cm³/mol. The fourth-order valence-electron chi connectivity index (χ4n) is 4.02. The van der Waals surface area contributed by atoms with Gasteiger partial charge in [-0.25, -0.2) is 0 Å². The maximum absolute atomic E-state index is 11.5. The van der Waals surface area contributed by atoms with Crippen LogP contribution in [0.2, 0.25) is 0 Å². The molecule has 6 unspecified atom stereocenters. The van der Waals surface area contributed by atoms with E-state index in [1.165, 1.54) is 0 Å². The molecule has 0 radical (unpaired) electrons. The first-order valence-corrected chi connectivity index (χ1v) is 5.58. The quantitative estimate of drug-likeness (QED) is 0.631. The molecule has 0 spiro atoms. The van der Waals surface area contributed by atoms with Gasteiger partial charge in [-0.2, -0.15) is 0 Å². The Bertz CT molecular complexity index is 276. The highest BCUT2D eigenvalue weighted by atomic mass is 16.5. The van der Waals surface area contributed by atoms with E-state index in [-0.39, 0.29) is 18.0 Å². The average Bonchev–Trinajstić information content (AvgIpc) is 2.77. The first-order valence-electron chi connectivity index (χ1n) is 5.58. The minimum atomic E-state index is -0.180. The van der Waals surface area contributed by atoms with Crippen LogP contribution in [0.25, 0.3) is 0 Å². The molecule has 0 amide bonds. The molecule has 2 saturated carbocycles. The molecule has 1 aliphatic heterocycles. The normalized spacial score (nSPS) is 54.9. The van der Waals surface area contributed by atoms with Crippen LogP contribution in [0.3, 0.4) is 0 Å². The number of carbonyl (C=O) groups is 1. The lowest BCUT2D eigenvalue weighted by Gasteiger charge is -2.32. The number of fused-ring (bicyclic) bond motifs is 5. The van der Waals surface area contributed by atoms with Gasteiger partial charge in [-0.1, -0.05) is 13.3 Å². The highest BCUT2D eigenvalue weighted by Gasteiger charge is 2.62. The number of aliphatic hydroxyl groups excluding tert-OH is 1. The Morgan fingerprint density at radius 3 is 2.93 bits per heavy atom. The zero-order valence-corrected chi connectivity index (χ0v) is 8.35. The second-order valence-corrected chi connectivity index (χ2v) is 4.95. The molecule has 0 aromatic heterocycles. The third-order valence-electron chi connectivity index (χ3n) is 4.61. The molecule has 1 heterocycles. The number of carbonyl (C=O) groups excluding carboxylic acids is 1. The van der Waals surface area contributed by atoms with Gasteiger partial charge in [0, 0.05) is 5.92 Å². The molecule has 2 aliphatic carbocycles. The Morgan fingerprint density at radius 2 is 2.21 bits per heavy atom. The summed E-state index contributed by atoms with van der Waals surface area (Å²) < 4.78 is 5.09. The van der Waals surface area contributed by atoms with Gasteiger partial charge >= 0.3 is 5.97 Å². The van der Waals surface area contributed by atoms with Gasteiger partial charge in [0.1, 0.15) is 0 Å². The lowest BCUT2D eigenvalue weighted by molar-refractivity contribution is -0.143. The van der Waals surface area contributed by atoms with Crippen molar-refractivity contribution in [2.24, 2.45) is 29.6 Å². The summed E-state index contributed by atoms with van der Waals surface area (Å²) in [5.41, 5.74) is 0. The van der Waals surface area contributed by atoms with Gasteiger partial charge in [0.2, 0.25) is 0 Å². The van der Waals surface area contributed by atoms with E-state index in [1.807, 2.05) is 0 Å². The van der Waals surface area contributed by atoms with Gasteiger partial charge < -0.3 is 9.84 Å². The van der Waals surface area contributed by atoms with Gasteiger partial charge in [-0.05, 0) is 24.2 Å². The lowest BCUT2D eigenvalue weighted by atomic mass is 9.73. The minimum absolute atomic E-state index is 0.00662. The van der Waals surface area contributed by atoms with Crippen molar-refractivity contribution in [1.82, 2.24) is 0 Å². The van der Waals surface area contributed by atoms with Crippen LogP contribution in [0.4, 0.5) is 0 Å². The standard InChI is InChI=1S/C11H16O3/c1-2-5-6-3-7(10(5)12)8-4-14-11(13)9(6)8/h5-10,12H,2-4H2,1H3. The zero-order chi connectivity index (χ0) is 9.87. The highest BCUT2D eigenvalue weighted by molar-refractivity contribution is 5.76. The molecule has 3 rings (SSSR count). The van der Waals surface area contributed by atoms with Crippen LogP contribution in [0, 0.1) is 29.6 Å². The van der Waals surface area contributed by atoms with E-state index >= 15 is 0 Å². The van der Waals surface area contributed by atoms with Crippen molar-refractivity contribution >= 4 is 5.97 Å². The van der Waals surface area contributed by atoms with E-state index in [4.69, 9.17) is 4.74 Å². The van der Waals surface area contributed by atoms with Gasteiger partial charge in [0.15, 0.2) is 0 Å². The van der Waals surface area contributed by atoms with Crippen molar-refractivity contribution in [3.8, 4) is 0 Å². The molecule has 0 aromatic carbocycles. The predicted octanol–water partition coefficient (Wildman–Crippen LogP) is 0.812. The monoisotopic (exact) mass is 196 g/mol. The summed E-state index contributed by atoms with van der Waals surface area (Å²) in [5.74, 6) is 1.51. The molecule has 3 aliphatic rings. The number of ether oxygens (including phenoxy) is 1. The molecule has 1 saturated heterocycles. The Labute approximate surface area is 83.4 Å². The van der Waals surface area contributed by atoms with Crippen LogP contribution >= 0.6 is 0 Å². The van der Waals surface area contributed by atoms with Crippen molar-refractivity contribution in [2.45, 2.75) is 25.9 Å². The van der Waals surface area contributed by atoms with E-state index in [0.717, 1.165) is 12.8 Å². The molecule has 3 fully saturated rings. The summed E-state index contributed by atoms with van der Waals surface area (Å²) in [6.45, 7) is 2.65. The summed E-state index contributed by atoms with van der Waals surface area (Å²) in [4.78, 5) is 11.5. The first kappa shape index (κ1) is 8.72. The SMILES string of the molecule is CCC1C(O)C2CC1C1C(=O)OCC21. The molecule has 14 heavy (non-hydrogen) atoms. The van der Waals surface area contributed by atoms with Crippen LogP contribution in [0.15, 0.2) is 0 Å². The minimum Gasteiger partial charge on any atom is -0.465 e. The molecule has 2 bridgehead atoms. The fourth-order valence-corrected chi connectivity index (χ4v) is 4.02. The van der Waals surface area contributed by atoms with Crippen molar-refractivity contribution in [1.29, 1.82) is 0 Å². The number of hydrogen-bond acceptors (Lipinski definition) is 3. The van der Waals surface area contributed by atoms with Gasteiger partial charge in [-0.3, -0.25) is 4.79 Å². The number of aliphatic hydroxyl groups is 1. The van der Waals surface area contributed by atoms with Crippen molar-refractivity contribution in [3.05, 3.63) is 0 Å². The zero-order valence-electron chi connectivity index (χ0n) is 8.35. The van der Waals surface area contributed by atoms with Gasteiger partial charge in [0.05, 0.1) is 18.6 Å². The largest absolute Gasteiger partial charge is 0.465 e. The Morgan fingerprint density at radius 1 is 1.43 bits per heavy atom. The third kappa shape index (κ3) is 0.842. The van der Waals surface area contributed by atoms with Gasteiger partial charge in [-0.15, -0.1) is 0 Å². The summed E-state index contributed by atoms with van der Waals surface area (Å²) in [6.07, 6.45) is 1.85. The summed E-state index contributed by atoms with van der Waals surface area (Å²) in [7, 11) is 0. The van der Waals surface area contributed by atoms with Crippen molar-refractivity contribution < 1.29 is 14.6 Å². The van der Waals surface area contributed by atoms with E-state index < -0.39 is 0 Å². The smallest absolute Gasteiger partial charge is 0.309 e. The second-order valence-electron chi connectivity index (χ2n) is 4.95. The van der Waals surface area contributed by atoms with E-state index in [2.05, 4.69) is 6.92 Å². The number of hydrogen-bond donors (Lipinski definition) is 1. The average molecular weight is 196 g/mol. The summed E-state index contributed by atoms with van der Waals surface area (Å²) in [5, 5.41) is 10.0. The fraction of sp³-hybridized carbons (Fsp3) is 0.909. The van der Waals surface area contributed by atoms with Crippen LogP contribution in [-0.2, 0) is 9.53 Å². The molecule has 3 heteroatoms. The van der Waals surface area contributed by atoms with Crippen LogP contribution in [-0.4, -0.2) is 23.8 Å². The Balaban J connectivity index is 1.92. The van der Waals surface area contributed by atoms with Crippen LogP contribution < -0.4 is 0 Å². The molecule has 3 nitrogen and oxygen atoms in total. The van der Waals surface area contributed by atoms with Crippen LogP contribution in [0.1, 0.15) is 19.8 Å². The lowest BCUT2D eigenvalue weighted by Crippen LogP contribution is -2.38. The summed E-state index contributed by atoms with van der Waals surface area (Å²) in [6, 6.07) is 0. The molecule has 1 N–H and O–H groups in total. The summed E-state index contributed by atoms with van der Waals surface area (Å²) >= 11 is 0. The van der Waals surface area contributed by atoms with E-state index in [9.17, 15) is 9.90 Å². The Kier molecular flexibility index (Phi) is 1.69. The second kappa shape index (κ2) is 2.72. The van der Waals surface area contributed by atoms with Crippen molar-refractivity contribution in [2.75, 3.05) is 6.61 Å². The number of rotatable bonds is 1. The first-order chi connectivity index (χ1) is 6.74. The highest BCUT2D eigenvalue weighted by Crippen LogP contribution is 2.58. The van der Waals surface area contributed by atoms with E-state index in [0.29, 0.717) is 30.3 Å². The third-order valence-corrected chi connectivity index (χ3v) is 4.61. The van der Waals surface area contributed by atoms with Crippen LogP contribution in [0.5, 0.6) is 0 Å². The molecule has 6 atom stereocenters. The molecular weight excluding hydrogens is 180 g/mol. The number of esters is 1.